The number of aryl methyl sites for hydroxylation is 1. The van der Waals surface area contributed by atoms with Crippen LogP contribution in [-0.2, 0) is 6.54 Å². The summed E-state index contributed by atoms with van der Waals surface area (Å²) < 4.78 is 0. The molecule has 0 aliphatic carbocycles. The molecule has 2 N–H and O–H groups in total. The van der Waals surface area contributed by atoms with E-state index >= 15 is 0 Å². The van der Waals surface area contributed by atoms with Gasteiger partial charge in [0.05, 0.1) is 5.02 Å². The first-order chi connectivity index (χ1) is 9.06. The maximum Gasteiger partial charge on any atom is 0.134 e. The van der Waals surface area contributed by atoms with Gasteiger partial charge in [0.1, 0.15) is 5.75 Å². The van der Waals surface area contributed by atoms with Crippen LogP contribution in [0.2, 0.25) is 5.02 Å². The zero-order valence-corrected chi connectivity index (χ0v) is 11.9. The zero-order valence-electron chi connectivity index (χ0n) is 11.2. The fourth-order valence-corrected chi connectivity index (χ4v) is 2.11. The number of hydrogen-bond donors (Lipinski definition) is 2. The first-order valence-corrected chi connectivity index (χ1v) is 6.71. The maximum atomic E-state index is 9.37. The number of nitrogens with one attached hydrogen (secondary N) is 1. The first-order valence-electron chi connectivity index (χ1n) is 6.33. The summed E-state index contributed by atoms with van der Waals surface area (Å²) in [6.45, 7) is 4.93. The molecular formula is C16H18ClNO. The highest BCUT2D eigenvalue weighted by atomic mass is 35.5. The number of phenols is 1. The van der Waals surface area contributed by atoms with Gasteiger partial charge in [0.25, 0.3) is 0 Å². The highest BCUT2D eigenvalue weighted by Gasteiger charge is 2.05. The minimum Gasteiger partial charge on any atom is -0.506 e. The summed E-state index contributed by atoms with van der Waals surface area (Å²) in [4.78, 5) is 0. The third-order valence-electron chi connectivity index (χ3n) is 3.20. The van der Waals surface area contributed by atoms with Crippen molar-refractivity contribution in [2.45, 2.75) is 26.4 Å². The molecule has 2 rings (SSSR count). The first kappa shape index (κ1) is 13.9. The lowest BCUT2D eigenvalue weighted by Gasteiger charge is -2.15. The fourth-order valence-electron chi connectivity index (χ4n) is 1.90. The number of hydrogen-bond acceptors (Lipinski definition) is 2. The van der Waals surface area contributed by atoms with Crippen LogP contribution in [0.3, 0.4) is 0 Å². The van der Waals surface area contributed by atoms with Gasteiger partial charge in [-0.05, 0) is 37.1 Å². The summed E-state index contributed by atoms with van der Waals surface area (Å²) >= 11 is 5.89. The van der Waals surface area contributed by atoms with Crippen molar-refractivity contribution in [1.29, 1.82) is 0 Å². The van der Waals surface area contributed by atoms with Crippen molar-refractivity contribution in [2.75, 3.05) is 0 Å². The molecule has 2 aromatic carbocycles. The summed E-state index contributed by atoms with van der Waals surface area (Å²) in [6.07, 6.45) is 0. The lowest BCUT2D eigenvalue weighted by molar-refractivity contribution is 0.475. The van der Waals surface area contributed by atoms with Crippen LogP contribution >= 0.6 is 11.6 Å². The molecule has 0 amide bonds. The van der Waals surface area contributed by atoms with Gasteiger partial charge in [-0.3, -0.25) is 0 Å². The van der Waals surface area contributed by atoms with Crippen LogP contribution in [0.25, 0.3) is 0 Å². The van der Waals surface area contributed by atoms with E-state index in [1.807, 2.05) is 6.07 Å². The summed E-state index contributed by atoms with van der Waals surface area (Å²) in [6, 6.07) is 14.1. The largest absolute Gasteiger partial charge is 0.506 e. The van der Waals surface area contributed by atoms with E-state index in [1.165, 1.54) is 11.1 Å². The Kier molecular flexibility index (Phi) is 4.46. The van der Waals surface area contributed by atoms with Crippen LogP contribution < -0.4 is 5.32 Å². The summed E-state index contributed by atoms with van der Waals surface area (Å²) in [7, 11) is 0. The topological polar surface area (TPSA) is 32.3 Å². The quantitative estimate of drug-likeness (QED) is 0.876. The van der Waals surface area contributed by atoms with Crippen molar-refractivity contribution in [1.82, 2.24) is 5.32 Å². The van der Waals surface area contributed by atoms with Crippen LogP contribution in [0, 0.1) is 6.92 Å². The van der Waals surface area contributed by atoms with Crippen LogP contribution in [0.5, 0.6) is 5.75 Å². The molecule has 3 heteroatoms. The van der Waals surface area contributed by atoms with Gasteiger partial charge in [0.2, 0.25) is 0 Å². The van der Waals surface area contributed by atoms with E-state index in [1.54, 1.807) is 12.1 Å². The average Bonchev–Trinajstić information content (AvgIpc) is 2.40. The molecule has 19 heavy (non-hydrogen) atoms. The van der Waals surface area contributed by atoms with E-state index in [9.17, 15) is 5.11 Å². The third kappa shape index (κ3) is 3.72. The van der Waals surface area contributed by atoms with E-state index in [0.29, 0.717) is 5.02 Å². The van der Waals surface area contributed by atoms with Crippen molar-refractivity contribution >= 4 is 11.6 Å². The smallest absolute Gasteiger partial charge is 0.134 e. The number of halogens is 1. The molecule has 0 aliphatic heterocycles. The third-order valence-corrected chi connectivity index (χ3v) is 3.50. The second-order valence-electron chi connectivity index (χ2n) is 4.80. The molecule has 0 saturated carbocycles. The Balaban J connectivity index is 1.98. The minimum absolute atomic E-state index is 0.122. The van der Waals surface area contributed by atoms with Crippen LogP contribution in [0.15, 0.2) is 42.5 Å². The minimum atomic E-state index is 0.122. The Morgan fingerprint density at radius 1 is 1.16 bits per heavy atom. The van der Waals surface area contributed by atoms with Crippen LogP contribution in [0.1, 0.15) is 29.7 Å². The van der Waals surface area contributed by atoms with Gasteiger partial charge in [0.15, 0.2) is 0 Å². The molecular weight excluding hydrogens is 258 g/mol. The van der Waals surface area contributed by atoms with Crippen molar-refractivity contribution in [3.63, 3.8) is 0 Å². The van der Waals surface area contributed by atoms with Crippen molar-refractivity contribution in [2.24, 2.45) is 0 Å². The summed E-state index contributed by atoms with van der Waals surface area (Å²) in [5.41, 5.74) is 3.58. The predicted octanol–water partition coefficient (Wildman–Crippen LogP) is 4.20. The van der Waals surface area contributed by atoms with Gasteiger partial charge in [-0.1, -0.05) is 47.5 Å². The molecule has 2 nitrogen and oxygen atoms in total. The van der Waals surface area contributed by atoms with E-state index in [-0.39, 0.29) is 11.8 Å². The molecule has 0 aromatic heterocycles. The van der Waals surface area contributed by atoms with Crippen LogP contribution in [-0.4, -0.2) is 5.11 Å². The Morgan fingerprint density at radius 3 is 2.47 bits per heavy atom. The monoisotopic (exact) mass is 275 g/mol. The summed E-state index contributed by atoms with van der Waals surface area (Å²) in [5, 5.41) is 13.2. The summed E-state index contributed by atoms with van der Waals surface area (Å²) in [5.74, 6) is 0.122. The van der Waals surface area contributed by atoms with Gasteiger partial charge in [-0.25, -0.2) is 0 Å². The Hall–Kier alpha value is -1.51. The van der Waals surface area contributed by atoms with E-state index in [4.69, 9.17) is 11.6 Å². The Labute approximate surface area is 119 Å². The van der Waals surface area contributed by atoms with Gasteiger partial charge >= 0.3 is 0 Å². The molecule has 0 aliphatic rings. The molecule has 1 unspecified atom stereocenters. The second-order valence-corrected chi connectivity index (χ2v) is 5.21. The number of benzene rings is 2. The highest BCUT2D eigenvalue weighted by Crippen LogP contribution is 2.24. The second kappa shape index (κ2) is 6.09. The maximum absolute atomic E-state index is 9.37. The fraction of sp³-hybridized carbons (Fsp3) is 0.250. The molecule has 0 fully saturated rings. The average molecular weight is 276 g/mol. The van der Waals surface area contributed by atoms with Gasteiger partial charge in [-0.2, -0.15) is 0 Å². The Bertz CT molecular complexity index is 551. The lowest BCUT2D eigenvalue weighted by atomic mass is 10.1. The van der Waals surface area contributed by atoms with Gasteiger partial charge in [-0.15, -0.1) is 0 Å². The number of phenolic OH excluding ortho intramolecular Hbond substituents is 1. The normalized spacial score (nSPS) is 12.4. The van der Waals surface area contributed by atoms with Gasteiger partial charge < -0.3 is 10.4 Å². The van der Waals surface area contributed by atoms with Gasteiger partial charge in [0, 0.05) is 12.6 Å². The van der Waals surface area contributed by atoms with Crippen molar-refractivity contribution in [3.8, 4) is 5.75 Å². The van der Waals surface area contributed by atoms with E-state index in [0.717, 1.165) is 12.1 Å². The van der Waals surface area contributed by atoms with Crippen molar-refractivity contribution in [3.05, 3.63) is 64.2 Å². The molecule has 100 valence electrons. The zero-order chi connectivity index (χ0) is 13.8. The standard InChI is InChI=1S/C16H18ClNO/c1-11-3-6-14(7-4-11)12(2)18-10-13-5-8-16(19)15(17)9-13/h3-9,12,18-19H,10H2,1-2H3. The Morgan fingerprint density at radius 2 is 1.84 bits per heavy atom. The molecule has 1 atom stereocenters. The van der Waals surface area contributed by atoms with E-state index < -0.39 is 0 Å². The van der Waals surface area contributed by atoms with Crippen LogP contribution in [0.4, 0.5) is 0 Å². The lowest BCUT2D eigenvalue weighted by Crippen LogP contribution is -2.17. The highest BCUT2D eigenvalue weighted by molar-refractivity contribution is 6.32. The number of rotatable bonds is 4. The molecule has 0 heterocycles. The van der Waals surface area contributed by atoms with E-state index in [2.05, 4.69) is 43.4 Å². The molecule has 0 bridgehead atoms. The van der Waals surface area contributed by atoms with Crippen molar-refractivity contribution < 1.29 is 5.11 Å². The predicted molar refractivity (Wildman–Crippen MR) is 79.6 cm³/mol. The molecule has 0 spiro atoms. The number of aromatic hydroxyl groups is 1. The molecule has 0 radical (unpaired) electrons. The molecule has 0 saturated heterocycles. The SMILES string of the molecule is Cc1ccc(C(C)NCc2ccc(O)c(Cl)c2)cc1. The molecule has 2 aromatic rings.